The van der Waals surface area contributed by atoms with E-state index in [1.54, 1.807) is 24.4 Å². The smallest absolute Gasteiger partial charge is 0.281 e. The number of fused-ring (bicyclic) bond motifs is 1. The largest absolute Gasteiger partial charge is 0.360 e. The molecule has 2 rings (SSSR count). The molecule has 5 nitrogen and oxygen atoms in total. The van der Waals surface area contributed by atoms with Crippen molar-refractivity contribution < 1.29 is 9.59 Å². The van der Waals surface area contributed by atoms with Crippen LogP contribution in [-0.4, -0.2) is 20.9 Å². The summed E-state index contributed by atoms with van der Waals surface area (Å²) in [6, 6.07) is 5.26. The minimum absolute atomic E-state index is 0.148. The summed E-state index contributed by atoms with van der Waals surface area (Å²) in [5.41, 5.74) is 5.79. The lowest BCUT2D eigenvalue weighted by Crippen LogP contribution is -2.06. The number of hydrogen-bond donors (Lipinski definition) is 1. The third kappa shape index (κ3) is 1.92. The molecule has 1 amide bonds. The molecule has 1 aromatic carbocycles. The van der Waals surface area contributed by atoms with Gasteiger partial charge in [-0.05, 0) is 30.0 Å². The Hall–Kier alpha value is -1.82. The highest BCUT2D eigenvalue weighted by Gasteiger charge is 2.07. The molecule has 0 saturated carbocycles. The van der Waals surface area contributed by atoms with Crippen LogP contribution < -0.4 is 5.73 Å². The fraction of sp³-hybridized carbons (Fsp3) is 0.100. The Balaban J connectivity index is 2.49. The summed E-state index contributed by atoms with van der Waals surface area (Å²) in [5.74, 6) is -0.148. The molecule has 0 unspecified atom stereocenters. The Morgan fingerprint density at radius 1 is 1.44 bits per heavy atom. The lowest BCUT2D eigenvalue weighted by molar-refractivity contribution is 0.0926. The quantitative estimate of drug-likeness (QED) is 0.765. The van der Waals surface area contributed by atoms with Crippen molar-refractivity contribution in [3.8, 4) is 0 Å². The normalized spacial score (nSPS) is 10.6. The molecule has 0 saturated heterocycles. The molecule has 16 heavy (non-hydrogen) atoms. The number of carbonyl (C=O) groups is 2. The van der Waals surface area contributed by atoms with Gasteiger partial charge in [-0.25, -0.2) is 4.68 Å². The zero-order valence-electron chi connectivity index (χ0n) is 8.51. The predicted octanol–water partition coefficient (Wildman–Crippen LogP) is 1.87. The van der Waals surface area contributed by atoms with E-state index in [0.29, 0.717) is 0 Å². The summed E-state index contributed by atoms with van der Waals surface area (Å²) in [6.07, 6.45) is 1.59. The van der Waals surface area contributed by atoms with Crippen LogP contribution in [0.1, 0.15) is 11.7 Å². The van der Waals surface area contributed by atoms with Crippen LogP contribution in [0.5, 0.6) is 0 Å². The number of benzene rings is 1. The molecule has 82 valence electrons. The number of primary amides is 1. The van der Waals surface area contributed by atoms with Gasteiger partial charge in [0.1, 0.15) is 0 Å². The number of carbonyl (C=O) groups excluding carboxylic acids is 2. The van der Waals surface area contributed by atoms with Crippen LogP contribution in [0.25, 0.3) is 10.9 Å². The van der Waals surface area contributed by atoms with Crippen molar-refractivity contribution in [2.75, 3.05) is 0 Å². The van der Waals surface area contributed by atoms with E-state index >= 15 is 0 Å². The van der Waals surface area contributed by atoms with Gasteiger partial charge >= 0.3 is 0 Å². The number of hydrogen-bond acceptors (Lipinski definition) is 4. The summed E-state index contributed by atoms with van der Waals surface area (Å²) >= 11 is 0.948. The zero-order chi connectivity index (χ0) is 11.7. The number of aromatic nitrogens is 2. The van der Waals surface area contributed by atoms with Crippen molar-refractivity contribution in [1.29, 1.82) is 0 Å². The fourth-order valence-electron chi connectivity index (χ4n) is 1.44. The van der Waals surface area contributed by atoms with Crippen LogP contribution in [0.2, 0.25) is 0 Å². The van der Waals surface area contributed by atoms with Crippen molar-refractivity contribution in [3.63, 3.8) is 0 Å². The summed E-state index contributed by atoms with van der Waals surface area (Å²) in [4.78, 5) is 22.7. The molecule has 1 aromatic heterocycles. The molecule has 0 radical (unpaired) electrons. The molecule has 0 fully saturated rings. The van der Waals surface area contributed by atoms with Crippen LogP contribution in [0.4, 0.5) is 4.79 Å². The molecule has 0 atom stereocenters. The minimum atomic E-state index is -0.460. The SMILES string of the molecule is CC(=O)n1ncc2cc(SC(N)=O)ccc21. The van der Waals surface area contributed by atoms with E-state index in [4.69, 9.17) is 5.73 Å². The minimum Gasteiger partial charge on any atom is -0.360 e. The van der Waals surface area contributed by atoms with E-state index in [1.807, 2.05) is 0 Å². The van der Waals surface area contributed by atoms with Crippen molar-refractivity contribution in [2.24, 2.45) is 5.73 Å². The molecule has 0 aliphatic carbocycles. The molecule has 0 bridgehead atoms. The first kappa shape index (κ1) is 10.7. The van der Waals surface area contributed by atoms with E-state index in [9.17, 15) is 9.59 Å². The second-order valence-corrected chi connectivity index (χ2v) is 4.30. The highest BCUT2D eigenvalue weighted by Crippen LogP contribution is 2.23. The van der Waals surface area contributed by atoms with Gasteiger partial charge in [0.15, 0.2) is 0 Å². The third-order valence-electron chi connectivity index (χ3n) is 2.06. The number of nitrogens with two attached hydrogens (primary N) is 1. The molecular weight excluding hydrogens is 226 g/mol. The Bertz CT molecular complexity index is 576. The average Bonchev–Trinajstić information content (AvgIpc) is 2.59. The first-order valence-electron chi connectivity index (χ1n) is 4.54. The maximum atomic E-state index is 11.2. The summed E-state index contributed by atoms with van der Waals surface area (Å²) in [5, 5.41) is 4.30. The molecule has 0 aliphatic heterocycles. The maximum absolute atomic E-state index is 11.2. The highest BCUT2D eigenvalue weighted by atomic mass is 32.2. The molecule has 2 N–H and O–H groups in total. The van der Waals surface area contributed by atoms with Crippen molar-refractivity contribution in [2.45, 2.75) is 11.8 Å². The zero-order valence-corrected chi connectivity index (χ0v) is 9.32. The second-order valence-electron chi connectivity index (χ2n) is 3.22. The van der Waals surface area contributed by atoms with Gasteiger partial charge in [0.2, 0.25) is 5.91 Å². The van der Waals surface area contributed by atoms with E-state index in [0.717, 1.165) is 27.6 Å². The van der Waals surface area contributed by atoms with E-state index < -0.39 is 5.24 Å². The molecule has 0 spiro atoms. The standard InChI is InChI=1S/C10H9N3O2S/c1-6(14)13-9-3-2-8(16-10(11)15)4-7(9)5-12-13/h2-5H,1H3,(H2,11,15). The third-order valence-corrected chi connectivity index (χ3v) is 2.75. The van der Waals surface area contributed by atoms with Gasteiger partial charge in [0.05, 0.1) is 11.7 Å². The molecule has 1 heterocycles. The van der Waals surface area contributed by atoms with Gasteiger partial charge in [-0.15, -0.1) is 0 Å². The number of nitrogens with zero attached hydrogens (tertiary/aromatic N) is 2. The molecular formula is C10H9N3O2S. The van der Waals surface area contributed by atoms with Gasteiger partial charge in [-0.1, -0.05) is 0 Å². The lowest BCUT2D eigenvalue weighted by atomic mass is 10.2. The number of rotatable bonds is 1. The van der Waals surface area contributed by atoms with E-state index in [-0.39, 0.29) is 5.91 Å². The number of thioether (sulfide) groups is 1. The van der Waals surface area contributed by atoms with Crippen LogP contribution in [-0.2, 0) is 0 Å². The van der Waals surface area contributed by atoms with Gasteiger partial charge in [-0.2, -0.15) is 5.10 Å². The van der Waals surface area contributed by atoms with Gasteiger partial charge in [0.25, 0.3) is 5.24 Å². The van der Waals surface area contributed by atoms with Gasteiger partial charge in [-0.3, -0.25) is 9.59 Å². The summed E-state index contributed by atoms with van der Waals surface area (Å²) in [7, 11) is 0. The summed E-state index contributed by atoms with van der Waals surface area (Å²) in [6.45, 7) is 1.44. The molecule has 6 heteroatoms. The van der Waals surface area contributed by atoms with Crippen LogP contribution in [0.15, 0.2) is 29.3 Å². The van der Waals surface area contributed by atoms with Gasteiger partial charge < -0.3 is 5.73 Å². The lowest BCUT2D eigenvalue weighted by Gasteiger charge is -1.99. The van der Waals surface area contributed by atoms with Crippen molar-refractivity contribution in [1.82, 2.24) is 9.78 Å². The highest BCUT2D eigenvalue weighted by molar-refractivity contribution is 8.13. The first-order valence-corrected chi connectivity index (χ1v) is 5.35. The second kappa shape index (κ2) is 3.97. The Labute approximate surface area is 95.6 Å². The Morgan fingerprint density at radius 2 is 2.19 bits per heavy atom. The average molecular weight is 235 g/mol. The fourth-order valence-corrected chi connectivity index (χ4v) is 2.00. The summed E-state index contributed by atoms with van der Waals surface area (Å²) < 4.78 is 1.31. The van der Waals surface area contributed by atoms with Crippen LogP contribution >= 0.6 is 11.8 Å². The first-order chi connectivity index (χ1) is 7.58. The predicted molar refractivity (Wildman–Crippen MR) is 61.5 cm³/mol. The van der Waals surface area contributed by atoms with Crippen molar-refractivity contribution in [3.05, 3.63) is 24.4 Å². The van der Waals surface area contributed by atoms with E-state index in [1.165, 1.54) is 11.6 Å². The molecule has 2 aromatic rings. The number of amides is 1. The Morgan fingerprint density at radius 3 is 2.81 bits per heavy atom. The topological polar surface area (TPSA) is 78.0 Å². The monoisotopic (exact) mass is 235 g/mol. The van der Waals surface area contributed by atoms with E-state index in [2.05, 4.69) is 5.10 Å². The van der Waals surface area contributed by atoms with Crippen LogP contribution in [0, 0.1) is 0 Å². The van der Waals surface area contributed by atoms with Gasteiger partial charge in [0, 0.05) is 17.2 Å². The van der Waals surface area contributed by atoms with Crippen molar-refractivity contribution >= 4 is 33.8 Å². The van der Waals surface area contributed by atoms with Crippen LogP contribution in [0.3, 0.4) is 0 Å². The maximum Gasteiger partial charge on any atom is 0.281 e. The molecule has 0 aliphatic rings. The Kier molecular flexibility index (Phi) is 2.66.